The average Bonchev–Trinajstić information content (AvgIpc) is 2.49. The molecule has 0 aliphatic rings. The van der Waals surface area contributed by atoms with Crippen LogP contribution in [0, 0.1) is 0 Å². The molecule has 2 N–H and O–H groups in total. The standard InChI is InChI=1S/C16H13ClN2O/c17-14-7-11(9-18)5-6-16(14)20-13-8-12-3-1-2-4-15(12)19-10-13/h1-8,10H,9,18H2. The molecule has 0 saturated carbocycles. The third-order valence-electron chi connectivity index (χ3n) is 3.03. The second kappa shape index (κ2) is 5.49. The number of rotatable bonds is 3. The van der Waals surface area contributed by atoms with Crippen LogP contribution in [0.4, 0.5) is 0 Å². The predicted molar refractivity (Wildman–Crippen MR) is 81.2 cm³/mol. The summed E-state index contributed by atoms with van der Waals surface area (Å²) in [6.45, 7) is 0.456. The van der Waals surface area contributed by atoms with E-state index in [1.165, 1.54) is 0 Å². The molecule has 100 valence electrons. The molecule has 0 atom stereocenters. The fourth-order valence-corrected chi connectivity index (χ4v) is 2.23. The van der Waals surface area contributed by atoms with Crippen LogP contribution in [0.15, 0.2) is 54.7 Å². The highest BCUT2D eigenvalue weighted by atomic mass is 35.5. The molecule has 0 unspecified atom stereocenters. The zero-order valence-electron chi connectivity index (χ0n) is 10.7. The molecule has 4 heteroatoms. The molecule has 3 nitrogen and oxygen atoms in total. The molecular formula is C16H13ClN2O. The van der Waals surface area contributed by atoms with Crippen LogP contribution >= 0.6 is 11.6 Å². The number of pyridine rings is 1. The fourth-order valence-electron chi connectivity index (χ4n) is 1.99. The van der Waals surface area contributed by atoms with Gasteiger partial charge in [-0.3, -0.25) is 4.98 Å². The fraction of sp³-hybridized carbons (Fsp3) is 0.0625. The molecule has 3 rings (SSSR count). The largest absolute Gasteiger partial charge is 0.454 e. The van der Waals surface area contributed by atoms with Crippen molar-refractivity contribution in [2.75, 3.05) is 0 Å². The highest BCUT2D eigenvalue weighted by Crippen LogP contribution is 2.30. The SMILES string of the molecule is NCc1ccc(Oc2cnc3ccccc3c2)c(Cl)c1. The van der Waals surface area contributed by atoms with Crippen LogP contribution in [-0.4, -0.2) is 4.98 Å². The molecule has 2 aromatic carbocycles. The van der Waals surface area contributed by atoms with E-state index >= 15 is 0 Å². The summed E-state index contributed by atoms with van der Waals surface area (Å²) in [5.74, 6) is 1.26. The minimum atomic E-state index is 0.456. The van der Waals surface area contributed by atoms with Crippen LogP contribution in [0.2, 0.25) is 5.02 Å². The Morgan fingerprint density at radius 3 is 2.75 bits per heavy atom. The summed E-state index contributed by atoms with van der Waals surface area (Å²) in [6.07, 6.45) is 1.69. The van der Waals surface area contributed by atoms with E-state index in [9.17, 15) is 0 Å². The lowest BCUT2D eigenvalue weighted by molar-refractivity contribution is 0.481. The molecular weight excluding hydrogens is 272 g/mol. The number of ether oxygens (including phenoxy) is 1. The Labute approximate surface area is 122 Å². The van der Waals surface area contributed by atoms with E-state index in [1.54, 1.807) is 6.20 Å². The van der Waals surface area contributed by atoms with Crippen LogP contribution in [0.25, 0.3) is 10.9 Å². The van der Waals surface area contributed by atoms with Gasteiger partial charge in [0.15, 0.2) is 0 Å². The first-order chi connectivity index (χ1) is 9.76. The van der Waals surface area contributed by atoms with E-state index in [2.05, 4.69) is 4.98 Å². The van der Waals surface area contributed by atoms with Gasteiger partial charge >= 0.3 is 0 Å². The topological polar surface area (TPSA) is 48.1 Å². The summed E-state index contributed by atoms with van der Waals surface area (Å²) in [6, 6.07) is 15.3. The average molecular weight is 285 g/mol. The first-order valence-electron chi connectivity index (χ1n) is 6.27. The van der Waals surface area contributed by atoms with Crippen molar-refractivity contribution in [1.82, 2.24) is 4.98 Å². The van der Waals surface area contributed by atoms with Crippen molar-refractivity contribution < 1.29 is 4.74 Å². The maximum atomic E-state index is 6.18. The third-order valence-corrected chi connectivity index (χ3v) is 3.32. The Bertz CT molecular complexity index is 758. The molecule has 0 radical (unpaired) electrons. The van der Waals surface area contributed by atoms with Gasteiger partial charge in [0.25, 0.3) is 0 Å². The number of aromatic nitrogens is 1. The monoisotopic (exact) mass is 284 g/mol. The lowest BCUT2D eigenvalue weighted by atomic mass is 10.2. The van der Waals surface area contributed by atoms with E-state index in [-0.39, 0.29) is 0 Å². The van der Waals surface area contributed by atoms with Crippen molar-refractivity contribution in [2.45, 2.75) is 6.54 Å². The number of hydrogen-bond donors (Lipinski definition) is 1. The number of nitrogens with zero attached hydrogens (tertiary/aromatic N) is 1. The van der Waals surface area contributed by atoms with Gasteiger partial charge in [-0.1, -0.05) is 35.9 Å². The Hall–Kier alpha value is -2.10. The van der Waals surface area contributed by atoms with Gasteiger partial charge in [0, 0.05) is 11.9 Å². The van der Waals surface area contributed by atoms with Gasteiger partial charge < -0.3 is 10.5 Å². The minimum absolute atomic E-state index is 0.456. The van der Waals surface area contributed by atoms with Crippen molar-refractivity contribution in [3.63, 3.8) is 0 Å². The van der Waals surface area contributed by atoms with Crippen LogP contribution in [0.5, 0.6) is 11.5 Å². The van der Waals surface area contributed by atoms with Gasteiger partial charge in [0.2, 0.25) is 0 Å². The summed E-state index contributed by atoms with van der Waals surface area (Å²) in [5, 5.41) is 1.57. The predicted octanol–water partition coefficient (Wildman–Crippen LogP) is 4.14. The van der Waals surface area contributed by atoms with Crippen molar-refractivity contribution in [3.05, 3.63) is 65.3 Å². The number of benzene rings is 2. The van der Waals surface area contributed by atoms with Gasteiger partial charge in [-0.25, -0.2) is 0 Å². The molecule has 0 spiro atoms. The molecule has 0 fully saturated rings. The molecule has 0 amide bonds. The summed E-state index contributed by atoms with van der Waals surface area (Å²) in [5.41, 5.74) is 7.48. The second-order valence-electron chi connectivity index (χ2n) is 4.43. The van der Waals surface area contributed by atoms with Crippen LogP contribution in [0.1, 0.15) is 5.56 Å². The zero-order valence-corrected chi connectivity index (χ0v) is 11.5. The van der Waals surface area contributed by atoms with Crippen molar-refractivity contribution in [2.24, 2.45) is 5.73 Å². The lowest BCUT2D eigenvalue weighted by Gasteiger charge is -2.09. The molecule has 0 saturated heterocycles. The maximum Gasteiger partial charge on any atom is 0.146 e. The van der Waals surface area contributed by atoms with Crippen molar-refractivity contribution in [3.8, 4) is 11.5 Å². The normalized spacial score (nSPS) is 10.7. The molecule has 0 bridgehead atoms. The second-order valence-corrected chi connectivity index (χ2v) is 4.84. The summed E-state index contributed by atoms with van der Waals surface area (Å²) < 4.78 is 5.78. The highest BCUT2D eigenvalue weighted by Gasteiger charge is 2.05. The lowest BCUT2D eigenvalue weighted by Crippen LogP contribution is -1.96. The van der Waals surface area contributed by atoms with E-state index in [4.69, 9.17) is 22.1 Å². The first-order valence-corrected chi connectivity index (χ1v) is 6.65. The summed E-state index contributed by atoms with van der Waals surface area (Å²) in [7, 11) is 0. The van der Waals surface area contributed by atoms with E-state index in [0.29, 0.717) is 23.1 Å². The Morgan fingerprint density at radius 1 is 1.10 bits per heavy atom. The van der Waals surface area contributed by atoms with Crippen molar-refractivity contribution >= 4 is 22.5 Å². The summed E-state index contributed by atoms with van der Waals surface area (Å²) in [4.78, 5) is 4.35. The first kappa shape index (κ1) is 12.9. The Morgan fingerprint density at radius 2 is 1.95 bits per heavy atom. The number of fused-ring (bicyclic) bond motifs is 1. The Balaban J connectivity index is 1.92. The smallest absolute Gasteiger partial charge is 0.146 e. The quantitative estimate of drug-likeness (QED) is 0.786. The van der Waals surface area contributed by atoms with Gasteiger partial charge in [0.1, 0.15) is 11.5 Å². The molecule has 3 aromatic rings. The number of nitrogens with two attached hydrogens (primary N) is 1. The van der Waals surface area contributed by atoms with Gasteiger partial charge in [-0.05, 0) is 29.8 Å². The van der Waals surface area contributed by atoms with Gasteiger partial charge in [-0.2, -0.15) is 0 Å². The molecule has 0 aliphatic carbocycles. The van der Waals surface area contributed by atoms with E-state index in [1.807, 2.05) is 48.5 Å². The maximum absolute atomic E-state index is 6.18. The third kappa shape index (κ3) is 2.59. The Kier molecular flexibility index (Phi) is 3.54. The number of para-hydroxylation sites is 1. The molecule has 1 aromatic heterocycles. The van der Waals surface area contributed by atoms with Crippen LogP contribution in [-0.2, 0) is 6.54 Å². The van der Waals surface area contributed by atoms with E-state index in [0.717, 1.165) is 16.5 Å². The highest BCUT2D eigenvalue weighted by molar-refractivity contribution is 6.32. The van der Waals surface area contributed by atoms with Crippen LogP contribution in [0.3, 0.4) is 0 Å². The number of halogens is 1. The van der Waals surface area contributed by atoms with Crippen LogP contribution < -0.4 is 10.5 Å². The molecule has 1 heterocycles. The van der Waals surface area contributed by atoms with Gasteiger partial charge in [0.05, 0.1) is 16.7 Å². The number of hydrogen-bond acceptors (Lipinski definition) is 3. The molecule has 20 heavy (non-hydrogen) atoms. The zero-order chi connectivity index (χ0) is 13.9. The van der Waals surface area contributed by atoms with Gasteiger partial charge in [-0.15, -0.1) is 0 Å². The van der Waals surface area contributed by atoms with E-state index < -0.39 is 0 Å². The summed E-state index contributed by atoms with van der Waals surface area (Å²) >= 11 is 6.18. The van der Waals surface area contributed by atoms with Crippen molar-refractivity contribution in [1.29, 1.82) is 0 Å². The molecule has 0 aliphatic heterocycles. The minimum Gasteiger partial charge on any atom is -0.454 e.